The van der Waals surface area contributed by atoms with Gasteiger partial charge in [0.25, 0.3) is 5.95 Å². The van der Waals surface area contributed by atoms with Crippen LogP contribution in [-0.2, 0) is 0 Å². The van der Waals surface area contributed by atoms with Crippen molar-refractivity contribution in [3.05, 3.63) is 29.0 Å². The minimum Gasteiger partial charge on any atom is -0.368 e. The maximum absolute atomic E-state index is 5.69. The zero-order valence-electron chi connectivity index (χ0n) is 9.48. The summed E-state index contributed by atoms with van der Waals surface area (Å²) in [5.74, 6) is 1.06. The highest BCUT2D eigenvalue weighted by Crippen LogP contribution is 2.22. The fourth-order valence-corrected chi connectivity index (χ4v) is 2.17. The van der Waals surface area contributed by atoms with Gasteiger partial charge in [0.2, 0.25) is 5.95 Å². The number of nitrogen functional groups attached to an aromatic ring is 1. The molecule has 0 aromatic carbocycles. The molecule has 0 fully saturated rings. The van der Waals surface area contributed by atoms with Gasteiger partial charge < -0.3 is 5.73 Å². The van der Waals surface area contributed by atoms with Gasteiger partial charge in [0, 0.05) is 15.8 Å². The first-order valence-electron chi connectivity index (χ1n) is 5.14. The van der Waals surface area contributed by atoms with Gasteiger partial charge in [0.05, 0.1) is 0 Å². The second-order valence-corrected chi connectivity index (χ2v) is 4.72. The van der Waals surface area contributed by atoms with E-state index in [0.29, 0.717) is 11.8 Å². The molecule has 0 saturated heterocycles. The van der Waals surface area contributed by atoms with E-state index in [1.165, 1.54) is 22.2 Å². The molecule has 0 bridgehead atoms. The van der Waals surface area contributed by atoms with Crippen molar-refractivity contribution in [2.75, 3.05) is 5.73 Å². The van der Waals surface area contributed by atoms with Gasteiger partial charge in [0.15, 0.2) is 5.82 Å². The highest BCUT2D eigenvalue weighted by Gasteiger charge is 2.09. The fourth-order valence-electron chi connectivity index (χ4n) is 1.48. The van der Waals surface area contributed by atoms with E-state index in [9.17, 15) is 0 Å². The summed E-state index contributed by atoms with van der Waals surface area (Å²) in [4.78, 5) is 17.5. The van der Waals surface area contributed by atoms with Gasteiger partial charge in [-0.15, -0.1) is 11.3 Å². The first-order chi connectivity index (χ1) is 8.72. The third-order valence-corrected chi connectivity index (χ3v) is 3.11. The van der Waals surface area contributed by atoms with E-state index in [4.69, 9.17) is 5.73 Å². The molecular weight excluding hydrogens is 250 g/mol. The van der Waals surface area contributed by atoms with Crippen molar-refractivity contribution in [3.63, 3.8) is 0 Å². The van der Waals surface area contributed by atoms with Crippen molar-refractivity contribution in [3.8, 4) is 17.3 Å². The van der Waals surface area contributed by atoms with E-state index in [2.05, 4.69) is 25.0 Å². The van der Waals surface area contributed by atoms with Crippen molar-refractivity contribution < 1.29 is 0 Å². The largest absolute Gasteiger partial charge is 0.368 e. The summed E-state index contributed by atoms with van der Waals surface area (Å²) < 4.78 is 1.45. The highest BCUT2D eigenvalue weighted by atomic mass is 32.1. The molecule has 0 saturated carbocycles. The maximum atomic E-state index is 5.69. The monoisotopic (exact) mass is 259 g/mol. The van der Waals surface area contributed by atoms with Crippen LogP contribution < -0.4 is 5.73 Å². The molecule has 18 heavy (non-hydrogen) atoms. The molecular formula is C10H9N7S. The lowest BCUT2D eigenvalue weighted by Crippen LogP contribution is -2.07. The van der Waals surface area contributed by atoms with Gasteiger partial charge >= 0.3 is 0 Å². The predicted octanol–water partition coefficient (Wildman–Crippen LogP) is 1.07. The Morgan fingerprint density at radius 3 is 2.83 bits per heavy atom. The molecule has 0 spiro atoms. The average Bonchev–Trinajstić information content (AvgIpc) is 2.98. The lowest BCUT2D eigenvalue weighted by atomic mass is 10.3. The average molecular weight is 259 g/mol. The van der Waals surface area contributed by atoms with Crippen LogP contribution in [0.1, 0.15) is 4.88 Å². The zero-order valence-corrected chi connectivity index (χ0v) is 10.3. The minimum atomic E-state index is 0.161. The molecule has 8 heteroatoms. The van der Waals surface area contributed by atoms with Crippen molar-refractivity contribution in [2.24, 2.45) is 0 Å². The second-order valence-electron chi connectivity index (χ2n) is 3.60. The summed E-state index contributed by atoms with van der Waals surface area (Å²) >= 11 is 1.63. The normalized spacial score (nSPS) is 10.7. The number of anilines is 1. The van der Waals surface area contributed by atoms with Crippen molar-refractivity contribution in [1.82, 2.24) is 29.7 Å². The van der Waals surface area contributed by atoms with Crippen LogP contribution in [0, 0.1) is 6.92 Å². The summed E-state index contributed by atoms with van der Waals surface area (Å²) in [6.07, 6.45) is 2.92. The Morgan fingerprint density at radius 1 is 1.28 bits per heavy atom. The maximum Gasteiger partial charge on any atom is 0.257 e. The molecule has 3 aromatic heterocycles. The molecule has 0 aliphatic carbocycles. The summed E-state index contributed by atoms with van der Waals surface area (Å²) in [5, 5.41) is 5.95. The van der Waals surface area contributed by atoms with Gasteiger partial charge in [-0.2, -0.15) is 24.7 Å². The van der Waals surface area contributed by atoms with Crippen LogP contribution in [0.15, 0.2) is 24.1 Å². The molecule has 0 amide bonds. The molecule has 3 heterocycles. The van der Waals surface area contributed by atoms with E-state index in [0.717, 1.165) is 5.56 Å². The third kappa shape index (κ3) is 1.93. The predicted molar refractivity (Wildman–Crippen MR) is 67.2 cm³/mol. The quantitative estimate of drug-likeness (QED) is 0.739. The minimum absolute atomic E-state index is 0.161. The van der Waals surface area contributed by atoms with Crippen molar-refractivity contribution in [1.29, 1.82) is 0 Å². The van der Waals surface area contributed by atoms with Crippen LogP contribution >= 0.6 is 11.3 Å². The van der Waals surface area contributed by atoms with Crippen LogP contribution in [0.3, 0.4) is 0 Å². The first kappa shape index (κ1) is 10.8. The Labute approximate surface area is 106 Å². The number of hydrogen-bond acceptors (Lipinski definition) is 7. The standard InChI is InChI=1S/C10H9N7S/c1-6-2-7(3-18-6)8-14-9(11)16-10(15-8)17-5-12-4-13-17/h2-5H,1H3,(H2,11,14,15,16). The Balaban J connectivity index is 2.11. The van der Waals surface area contributed by atoms with Crippen LogP contribution in [0.25, 0.3) is 17.3 Å². The molecule has 0 unspecified atom stereocenters. The molecule has 0 aliphatic rings. The highest BCUT2D eigenvalue weighted by molar-refractivity contribution is 7.10. The zero-order chi connectivity index (χ0) is 12.5. The summed E-state index contributed by atoms with van der Waals surface area (Å²) in [6.45, 7) is 2.02. The summed E-state index contributed by atoms with van der Waals surface area (Å²) in [6, 6.07) is 2.00. The lowest BCUT2D eigenvalue weighted by molar-refractivity contribution is 0.800. The van der Waals surface area contributed by atoms with Crippen LogP contribution in [-0.4, -0.2) is 29.7 Å². The van der Waals surface area contributed by atoms with E-state index in [1.807, 2.05) is 18.4 Å². The van der Waals surface area contributed by atoms with Gasteiger partial charge in [0.1, 0.15) is 12.7 Å². The molecule has 2 N–H and O–H groups in total. The molecule has 0 aliphatic heterocycles. The van der Waals surface area contributed by atoms with Crippen LogP contribution in [0.2, 0.25) is 0 Å². The smallest absolute Gasteiger partial charge is 0.257 e. The first-order valence-corrected chi connectivity index (χ1v) is 6.02. The van der Waals surface area contributed by atoms with E-state index >= 15 is 0 Å². The molecule has 3 rings (SSSR count). The van der Waals surface area contributed by atoms with Crippen LogP contribution in [0.4, 0.5) is 5.95 Å². The van der Waals surface area contributed by atoms with E-state index in [1.54, 1.807) is 11.3 Å². The van der Waals surface area contributed by atoms with E-state index < -0.39 is 0 Å². The van der Waals surface area contributed by atoms with Crippen molar-refractivity contribution in [2.45, 2.75) is 6.92 Å². The molecule has 90 valence electrons. The molecule has 0 radical (unpaired) electrons. The van der Waals surface area contributed by atoms with Gasteiger partial charge in [-0.1, -0.05) is 0 Å². The number of thiophene rings is 1. The van der Waals surface area contributed by atoms with Gasteiger partial charge in [-0.25, -0.2) is 4.98 Å². The van der Waals surface area contributed by atoms with Gasteiger partial charge in [-0.05, 0) is 13.0 Å². The summed E-state index contributed by atoms with van der Waals surface area (Å²) in [5.41, 5.74) is 6.61. The number of nitrogens with two attached hydrogens (primary N) is 1. The third-order valence-electron chi connectivity index (χ3n) is 2.25. The Hall–Kier alpha value is -2.35. The number of hydrogen-bond donors (Lipinski definition) is 1. The number of aryl methyl sites for hydroxylation is 1. The number of aromatic nitrogens is 6. The second kappa shape index (κ2) is 4.15. The Bertz CT molecular complexity index is 673. The number of rotatable bonds is 2. The van der Waals surface area contributed by atoms with E-state index in [-0.39, 0.29) is 5.95 Å². The molecule has 3 aromatic rings. The van der Waals surface area contributed by atoms with Gasteiger partial charge in [-0.3, -0.25) is 0 Å². The lowest BCUT2D eigenvalue weighted by Gasteiger charge is -2.02. The Morgan fingerprint density at radius 2 is 2.17 bits per heavy atom. The molecule has 7 nitrogen and oxygen atoms in total. The molecule has 0 atom stereocenters. The fraction of sp³-hybridized carbons (Fsp3) is 0.100. The van der Waals surface area contributed by atoms with Crippen molar-refractivity contribution >= 4 is 17.3 Å². The number of nitrogens with zero attached hydrogens (tertiary/aromatic N) is 6. The Kier molecular flexibility index (Phi) is 2.49. The SMILES string of the molecule is Cc1cc(-c2nc(N)nc(-n3cncn3)n2)cs1. The summed E-state index contributed by atoms with van der Waals surface area (Å²) in [7, 11) is 0. The van der Waals surface area contributed by atoms with Crippen LogP contribution in [0.5, 0.6) is 0 Å². The topological polar surface area (TPSA) is 95.4 Å².